The highest BCUT2D eigenvalue weighted by molar-refractivity contribution is 6.32. The molecular weight excluding hydrogens is 384 g/mol. The molecule has 0 saturated carbocycles. The Kier molecular flexibility index (Phi) is 6.24. The molecule has 8 heteroatoms. The summed E-state index contributed by atoms with van der Waals surface area (Å²) in [7, 11) is 2.98. The molecular formula is C20H23ClN2O5. The van der Waals surface area contributed by atoms with Crippen molar-refractivity contribution in [2.75, 3.05) is 26.1 Å². The van der Waals surface area contributed by atoms with Crippen LogP contribution in [0.2, 0.25) is 5.02 Å². The number of allylic oxidation sites excluding steroid dienone is 2. The number of hydrogen-bond donors (Lipinski definition) is 1. The van der Waals surface area contributed by atoms with Crippen molar-refractivity contribution in [2.45, 2.75) is 25.7 Å². The van der Waals surface area contributed by atoms with Crippen LogP contribution in [0.25, 0.3) is 0 Å². The lowest BCUT2D eigenvalue weighted by Crippen LogP contribution is -2.32. The maximum atomic E-state index is 12.4. The molecule has 2 atom stereocenters. The van der Waals surface area contributed by atoms with Crippen LogP contribution in [0.15, 0.2) is 24.3 Å². The van der Waals surface area contributed by atoms with Crippen LogP contribution < -0.4 is 14.8 Å². The zero-order chi connectivity index (χ0) is 20.3. The van der Waals surface area contributed by atoms with Gasteiger partial charge in [0, 0.05) is 19.0 Å². The third-order valence-corrected chi connectivity index (χ3v) is 5.43. The minimum absolute atomic E-state index is 0.122. The molecule has 0 radical (unpaired) electrons. The summed E-state index contributed by atoms with van der Waals surface area (Å²) in [6, 6.07) is 3.15. The van der Waals surface area contributed by atoms with Gasteiger partial charge in [0.05, 0.1) is 36.8 Å². The maximum absolute atomic E-state index is 12.4. The predicted molar refractivity (Wildman–Crippen MR) is 104 cm³/mol. The summed E-state index contributed by atoms with van der Waals surface area (Å²) in [5.41, 5.74) is 0.434. The molecule has 150 valence electrons. The third-order valence-electron chi connectivity index (χ3n) is 5.13. The van der Waals surface area contributed by atoms with Gasteiger partial charge < -0.3 is 14.8 Å². The summed E-state index contributed by atoms with van der Waals surface area (Å²) < 4.78 is 10.4. The molecule has 1 heterocycles. The van der Waals surface area contributed by atoms with Crippen LogP contribution in [-0.4, -0.2) is 43.4 Å². The summed E-state index contributed by atoms with van der Waals surface area (Å²) in [4.78, 5) is 38.5. The fourth-order valence-electron chi connectivity index (χ4n) is 3.66. The summed E-state index contributed by atoms with van der Waals surface area (Å²) in [5.74, 6) is -0.104. The Morgan fingerprint density at radius 1 is 1.11 bits per heavy atom. The third kappa shape index (κ3) is 3.99. The predicted octanol–water partition coefficient (Wildman–Crippen LogP) is 3.03. The number of amides is 3. The van der Waals surface area contributed by atoms with Gasteiger partial charge in [-0.1, -0.05) is 23.8 Å². The summed E-state index contributed by atoms with van der Waals surface area (Å²) in [6.45, 7) is 0.249. The SMILES string of the molecule is COc1cc(OC)c(NC(=O)CCCN2C(=O)[C@@H]3CC=CC[C@H]3C2=O)cc1Cl. The van der Waals surface area contributed by atoms with Gasteiger partial charge in [-0.25, -0.2) is 0 Å². The highest BCUT2D eigenvalue weighted by atomic mass is 35.5. The monoisotopic (exact) mass is 406 g/mol. The maximum Gasteiger partial charge on any atom is 0.233 e. The number of rotatable bonds is 7. The molecule has 3 rings (SSSR count). The van der Waals surface area contributed by atoms with Gasteiger partial charge in [0.2, 0.25) is 17.7 Å². The topological polar surface area (TPSA) is 84.9 Å². The Hall–Kier alpha value is -2.54. The minimum Gasteiger partial charge on any atom is -0.495 e. The Labute approximate surface area is 168 Å². The van der Waals surface area contributed by atoms with E-state index >= 15 is 0 Å². The van der Waals surface area contributed by atoms with E-state index in [2.05, 4.69) is 5.32 Å². The normalized spacial score (nSPS) is 20.9. The number of hydrogen-bond acceptors (Lipinski definition) is 5. The first-order valence-electron chi connectivity index (χ1n) is 9.17. The van der Waals surface area contributed by atoms with Crippen molar-refractivity contribution in [3.05, 3.63) is 29.3 Å². The number of fused-ring (bicyclic) bond motifs is 1. The Morgan fingerprint density at radius 2 is 1.71 bits per heavy atom. The Bertz CT molecular complexity index is 797. The number of nitrogens with zero attached hydrogens (tertiary/aromatic N) is 1. The second kappa shape index (κ2) is 8.65. The van der Waals surface area contributed by atoms with Crippen molar-refractivity contribution in [3.63, 3.8) is 0 Å². The van der Waals surface area contributed by atoms with E-state index in [-0.39, 0.29) is 42.5 Å². The van der Waals surface area contributed by atoms with Gasteiger partial charge in [0.25, 0.3) is 0 Å². The first-order chi connectivity index (χ1) is 13.5. The number of anilines is 1. The molecule has 1 saturated heterocycles. The van der Waals surface area contributed by atoms with E-state index < -0.39 is 0 Å². The first-order valence-corrected chi connectivity index (χ1v) is 9.55. The number of methoxy groups -OCH3 is 2. The summed E-state index contributed by atoms with van der Waals surface area (Å²) in [5, 5.41) is 3.10. The average Bonchev–Trinajstić information content (AvgIpc) is 2.93. The molecule has 28 heavy (non-hydrogen) atoms. The Morgan fingerprint density at radius 3 is 2.29 bits per heavy atom. The Balaban J connectivity index is 1.55. The molecule has 0 unspecified atom stereocenters. The van der Waals surface area contributed by atoms with Crippen molar-refractivity contribution in [2.24, 2.45) is 11.8 Å². The lowest BCUT2D eigenvalue weighted by Gasteiger charge is -2.15. The van der Waals surface area contributed by atoms with Gasteiger partial charge in [-0.15, -0.1) is 0 Å². The van der Waals surface area contributed by atoms with Gasteiger partial charge in [0.15, 0.2) is 0 Å². The fraction of sp³-hybridized carbons (Fsp3) is 0.450. The molecule has 0 aromatic heterocycles. The molecule has 1 fully saturated rings. The second-order valence-electron chi connectivity index (χ2n) is 6.82. The van der Waals surface area contributed by atoms with Crippen LogP contribution in [0.1, 0.15) is 25.7 Å². The average molecular weight is 407 g/mol. The summed E-state index contributed by atoms with van der Waals surface area (Å²) in [6.07, 6.45) is 5.70. The van der Waals surface area contributed by atoms with Gasteiger partial charge >= 0.3 is 0 Å². The molecule has 1 N–H and O–H groups in total. The number of ether oxygens (including phenoxy) is 2. The standard InChI is InChI=1S/C20H23ClN2O5/c1-27-16-11-17(28-2)15(10-14(16)21)22-18(24)8-5-9-23-19(25)12-6-3-4-7-13(12)20(23)26/h3-4,10-13H,5-9H2,1-2H3,(H,22,24)/t12-,13-/m1/s1. The van der Waals surface area contributed by atoms with Crippen molar-refractivity contribution in [3.8, 4) is 11.5 Å². The van der Waals surface area contributed by atoms with Crippen LogP contribution in [-0.2, 0) is 14.4 Å². The lowest BCUT2D eigenvalue weighted by molar-refractivity contribution is -0.140. The van der Waals surface area contributed by atoms with Crippen molar-refractivity contribution in [1.29, 1.82) is 0 Å². The van der Waals surface area contributed by atoms with Crippen LogP contribution in [0.5, 0.6) is 11.5 Å². The van der Waals surface area contributed by atoms with Crippen molar-refractivity contribution >= 4 is 35.0 Å². The van der Waals surface area contributed by atoms with E-state index in [1.807, 2.05) is 12.2 Å². The van der Waals surface area contributed by atoms with Crippen LogP contribution >= 0.6 is 11.6 Å². The highest BCUT2D eigenvalue weighted by Crippen LogP contribution is 2.36. The van der Waals surface area contributed by atoms with Crippen LogP contribution in [0.3, 0.4) is 0 Å². The van der Waals surface area contributed by atoms with E-state index in [1.54, 1.807) is 12.1 Å². The molecule has 1 aromatic rings. The van der Waals surface area contributed by atoms with E-state index in [0.717, 1.165) is 0 Å². The number of nitrogens with one attached hydrogen (secondary N) is 1. The molecule has 0 spiro atoms. The van der Waals surface area contributed by atoms with E-state index in [9.17, 15) is 14.4 Å². The second-order valence-corrected chi connectivity index (χ2v) is 7.23. The minimum atomic E-state index is -0.252. The number of benzene rings is 1. The van der Waals surface area contributed by atoms with Crippen LogP contribution in [0, 0.1) is 11.8 Å². The quantitative estimate of drug-likeness (QED) is 0.555. The molecule has 1 aliphatic carbocycles. The van der Waals surface area contributed by atoms with E-state index in [1.165, 1.54) is 19.1 Å². The molecule has 1 aromatic carbocycles. The zero-order valence-electron chi connectivity index (χ0n) is 15.9. The highest BCUT2D eigenvalue weighted by Gasteiger charge is 2.46. The molecule has 1 aliphatic heterocycles. The van der Waals surface area contributed by atoms with Gasteiger partial charge in [-0.3, -0.25) is 19.3 Å². The van der Waals surface area contributed by atoms with Crippen LogP contribution in [0.4, 0.5) is 5.69 Å². The lowest BCUT2D eigenvalue weighted by atomic mass is 9.85. The number of imide groups is 1. The smallest absolute Gasteiger partial charge is 0.233 e. The number of likely N-dealkylation sites (tertiary alicyclic amines) is 1. The largest absolute Gasteiger partial charge is 0.495 e. The van der Waals surface area contributed by atoms with Crippen molar-refractivity contribution < 1.29 is 23.9 Å². The summed E-state index contributed by atoms with van der Waals surface area (Å²) >= 11 is 6.11. The zero-order valence-corrected chi connectivity index (χ0v) is 16.6. The van der Waals surface area contributed by atoms with E-state index in [4.69, 9.17) is 21.1 Å². The molecule has 3 amide bonds. The fourth-order valence-corrected chi connectivity index (χ4v) is 3.90. The number of halogens is 1. The first kappa shape index (κ1) is 20.2. The number of carbonyl (C=O) groups excluding carboxylic acids is 3. The number of carbonyl (C=O) groups is 3. The van der Waals surface area contributed by atoms with Gasteiger partial charge in [-0.2, -0.15) is 0 Å². The molecule has 7 nitrogen and oxygen atoms in total. The van der Waals surface area contributed by atoms with E-state index in [0.29, 0.717) is 41.5 Å². The molecule has 2 aliphatic rings. The van der Waals surface area contributed by atoms with Gasteiger partial charge in [-0.05, 0) is 25.3 Å². The van der Waals surface area contributed by atoms with Crippen molar-refractivity contribution in [1.82, 2.24) is 4.90 Å². The van der Waals surface area contributed by atoms with Gasteiger partial charge in [0.1, 0.15) is 11.5 Å². The molecule has 0 bridgehead atoms.